The molecular formula is C4HClN3. The molecule has 0 amide bonds. The third-order valence-corrected chi connectivity index (χ3v) is 0.808. The van der Waals surface area contributed by atoms with Gasteiger partial charge in [-0.2, -0.15) is 5.26 Å². The molecule has 8 heavy (non-hydrogen) atoms. The molecule has 4 heteroatoms. The molecular weight excluding hydrogens is 126 g/mol. The molecule has 0 unspecified atom stereocenters. The van der Waals surface area contributed by atoms with Crippen LogP contribution in [0.5, 0.6) is 0 Å². The maximum absolute atomic E-state index is 8.14. The normalized spacial score (nSPS) is 16.0. The van der Waals surface area contributed by atoms with E-state index in [1.54, 1.807) is 6.07 Å². The van der Waals surface area contributed by atoms with Gasteiger partial charge in [0.25, 0.3) is 0 Å². The second-order valence-electron chi connectivity index (χ2n) is 1.16. The van der Waals surface area contributed by atoms with Crippen molar-refractivity contribution in [3.8, 4) is 6.07 Å². The van der Waals surface area contributed by atoms with Crippen LogP contribution in [0.1, 0.15) is 0 Å². The van der Waals surface area contributed by atoms with Crippen LogP contribution >= 0.6 is 11.6 Å². The quantitative estimate of drug-likeness (QED) is 0.438. The highest BCUT2D eigenvalue weighted by Gasteiger charge is 2.04. The summed E-state index contributed by atoms with van der Waals surface area (Å²) in [4.78, 5) is 0. The van der Waals surface area contributed by atoms with Crippen molar-refractivity contribution in [2.45, 2.75) is 0 Å². The second kappa shape index (κ2) is 1.85. The van der Waals surface area contributed by atoms with Gasteiger partial charge < -0.3 is 0 Å². The summed E-state index contributed by atoms with van der Waals surface area (Å²) in [6.07, 6.45) is 1.40. The maximum Gasteiger partial charge on any atom is 0.166 e. The SMILES string of the molecule is N#CC1=N[N]C(Cl)=C1. The molecule has 0 N–H and O–H groups in total. The number of hydrogen-bond acceptors (Lipinski definition) is 2. The first-order chi connectivity index (χ1) is 3.83. The first-order valence-electron chi connectivity index (χ1n) is 1.89. The molecule has 0 aromatic rings. The van der Waals surface area contributed by atoms with E-state index in [9.17, 15) is 0 Å². The van der Waals surface area contributed by atoms with E-state index in [-0.39, 0.29) is 10.9 Å². The largest absolute Gasteiger partial charge is 0.191 e. The molecule has 0 fully saturated rings. The smallest absolute Gasteiger partial charge is 0.166 e. The third kappa shape index (κ3) is 0.796. The van der Waals surface area contributed by atoms with Gasteiger partial charge in [0.15, 0.2) is 10.9 Å². The Bertz CT molecular complexity index is 198. The fourth-order valence-electron chi connectivity index (χ4n) is 0.327. The molecule has 1 heterocycles. The fraction of sp³-hybridized carbons (Fsp3) is 0. The molecule has 3 nitrogen and oxygen atoms in total. The Hall–Kier alpha value is -1.01. The summed E-state index contributed by atoms with van der Waals surface area (Å²) >= 11 is 5.31. The van der Waals surface area contributed by atoms with Crippen molar-refractivity contribution < 1.29 is 0 Å². The molecule has 39 valence electrons. The zero-order valence-corrected chi connectivity index (χ0v) is 4.55. The van der Waals surface area contributed by atoms with Crippen LogP contribution in [0.25, 0.3) is 0 Å². The summed E-state index contributed by atoms with van der Waals surface area (Å²) in [5.74, 6) is 0. The van der Waals surface area contributed by atoms with E-state index in [1.165, 1.54) is 6.08 Å². The fourth-order valence-corrected chi connectivity index (χ4v) is 0.468. The van der Waals surface area contributed by atoms with Crippen LogP contribution in [0.2, 0.25) is 0 Å². The van der Waals surface area contributed by atoms with Gasteiger partial charge in [0.05, 0.1) is 0 Å². The Morgan fingerprint density at radius 1 is 1.75 bits per heavy atom. The van der Waals surface area contributed by atoms with E-state index in [0.29, 0.717) is 0 Å². The Kier molecular flexibility index (Phi) is 1.18. The number of halogens is 1. The highest BCUT2D eigenvalue weighted by Crippen LogP contribution is 2.04. The third-order valence-electron chi connectivity index (χ3n) is 0.624. The minimum absolute atomic E-state index is 0.259. The molecule has 0 saturated carbocycles. The van der Waals surface area contributed by atoms with Crippen molar-refractivity contribution in [1.29, 1.82) is 5.26 Å². The molecule has 1 aliphatic heterocycles. The average molecular weight is 127 g/mol. The Morgan fingerprint density at radius 3 is 2.75 bits per heavy atom. The number of rotatable bonds is 0. The van der Waals surface area contributed by atoms with Crippen LogP contribution in [0.3, 0.4) is 0 Å². The Morgan fingerprint density at radius 2 is 2.50 bits per heavy atom. The lowest BCUT2D eigenvalue weighted by Gasteiger charge is -1.74. The van der Waals surface area contributed by atoms with Crippen LogP contribution < -0.4 is 5.43 Å². The molecule has 0 aromatic carbocycles. The van der Waals surface area contributed by atoms with E-state index in [4.69, 9.17) is 16.9 Å². The standard InChI is InChI=1S/C4HClN3/c5-4-1-3(2-6)7-8-4/h1H. The van der Waals surface area contributed by atoms with E-state index in [2.05, 4.69) is 10.5 Å². The lowest BCUT2D eigenvalue weighted by atomic mass is 10.4. The zero-order chi connectivity index (χ0) is 5.98. The lowest BCUT2D eigenvalue weighted by molar-refractivity contribution is 0.952. The number of allylic oxidation sites excluding steroid dienone is 1. The Labute approximate surface area is 51.2 Å². The van der Waals surface area contributed by atoms with Crippen LogP contribution in [-0.4, -0.2) is 5.71 Å². The molecule has 0 atom stereocenters. The molecule has 0 saturated heterocycles. The number of nitriles is 1. The minimum atomic E-state index is 0.259. The summed E-state index contributed by atoms with van der Waals surface area (Å²) in [6, 6.07) is 1.79. The van der Waals surface area contributed by atoms with E-state index in [1.807, 2.05) is 0 Å². The van der Waals surface area contributed by atoms with Crippen molar-refractivity contribution in [1.82, 2.24) is 5.43 Å². The van der Waals surface area contributed by atoms with Gasteiger partial charge in [0.2, 0.25) is 0 Å². The summed E-state index contributed by atoms with van der Waals surface area (Å²) in [5, 5.41) is 11.8. The van der Waals surface area contributed by atoms with Crippen molar-refractivity contribution in [2.24, 2.45) is 5.10 Å². The van der Waals surface area contributed by atoms with Crippen LogP contribution in [0, 0.1) is 11.3 Å². The summed E-state index contributed by atoms with van der Waals surface area (Å²) in [6.45, 7) is 0. The number of nitrogens with zero attached hydrogens (tertiary/aromatic N) is 3. The van der Waals surface area contributed by atoms with Gasteiger partial charge in [-0.1, -0.05) is 11.6 Å². The predicted molar refractivity (Wildman–Crippen MR) is 29.1 cm³/mol. The Balaban J connectivity index is 2.77. The lowest BCUT2D eigenvalue weighted by Crippen LogP contribution is -1.82. The van der Waals surface area contributed by atoms with Gasteiger partial charge >= 0.3 is 0 Å². The highest BCUT2D eigenvalue weighted by molar-refractivity contribution is 6.32. The van der Waals surface area contributed by atoms with Gasteiger partial charge in [-0.3, -0.25) is 0 Å². The molecule has 0 aliphatic carbocycles. The second-order valence-corrected chi connectivity index (χ2v) is 1.55. The van der Waals surface area contributed by atoms with Crippen molar-refractivity contribution >= 4 is 17.3 Å². The maximum atomic E-state index is 8.14. The molecule has 0 aromatic heterocycles. The van der Waals surface area contributed by atoms with Crippen LogP contribution in [-0.2, 0) is 0 Å². The topological polar surface area (TPSA) is 50.2 Å². The molecule has 1 rings (SSSR count). The summed E-state index contributed by atoms with van der Waals surface area (Å²) in [7, 11) is 0. The van der Waals surface area contributed by atoms with Crippen molar-refractivity contribution in [2.75, 3.05) is 0 Å². The van der Waals surface area contributed by atoms with E-state index in [0.717, 1.165) is 0 Å². The monoisotopic (exact) mass is 126 g/mol. The molecule has 1 radical (unpaired) electrons. The van der Waals surface area contributed by atoms with Gasteiger partial charge in [-0.25, -0.2) is 0 Å². The summed E-state index contributed by atoms with van der Waals surface area (Å²) in [5.41, 5.74) is 3.64. The van der Waals surface area contributed by atoms with Gasteiger partial charge in [0.1, 0.15) is 6.07 Å². The molecule has 0 bridgehead atoms. The first kappa shape index (κ1) is 5.13. The number of hydrogen-bond donors (Lipinski definition) is 0. The van der Waals surface area contributed by atoms with Crippen LogP contribution in [0.15, 0.2) is 16.3 Å². The summed E-state index contributed by atoms with van der Waals surface area (Å²) < 4.78 is 0. The molecule has 0 spiro atoms. The van der Waals surface area contributed by atoms with E-state index < -0.39 is 0 Å². The van der Waals surface area contributed by atoms with Crippen molar-refractivity contribution in [3.05, 3.63) is 11.2 Å². The van der Waals surface area contributed by atoms with Gasteiger partial charge in [-0.15, -0.1) is 10.5 Å². The van der Waals surface area contributed by atoms with Crippen molar-refractivity contribution in [3.63, 3.8) is 0 Å². The predicted octanol–water partition coefficient (Wildman–Crippen LogP) is 0.564. The van der Waals surface area contributed by atoms with Crippen LogP contribution in [0.4, 0.5) is 0 Å². The first-order valence-corrected chi connectivity index (χ1v) is 2.27. The van der Waals surface area contributed by atoms with Gasteiger partial charge in [-0.05, 0) is 0 Å². The van der Waals surface area contributed by atoms with Gasteiger partial charge in [0, 0.05) is 6.08 Å². The minimum Gasteiger partial charge on any atom is -0.191 e. The average Bonchev–Trinajstić information content (AvgIpc) is 2.14. The van der Waals surface area contributed by atoms with E-state index >= 15 is 0 Å². The molecule has 1 aliphatic rings. The zero-order valence-electron chi connectivity index (χ0n) is 3.80. The highest BCUT2D eigenvalue weighted by atomic mass is 35.5.